The van der Waals surface area contributed by atoms with Crippen LogP contribution in [-0.2, 0) is 4.74 Å². The summed E-state index contributed by atoms with van der Waals surface area (Å²) in [6.07, 6.45) is 1.93. The first-order valence-corrected chi connectivity index (χ1v) is 9.95. The summed E-state index contributed by atoms with van der Waals surface area (Å²) in [5.74, 6) is 1.18. The summed E-state index contributed by atoms with van der Waals surface area (Å²) in [5.41, 5.74) is 1.93. The molecular weight excluding hydrogens is 366 g/mol. The van der Waals surface area contributed by atoms with Crippen LogP contribution in [0, 0.1) is 12.8 Å². The lowest BCUT2D eigenvalue weighted by molar-refractivity contribution is 0.0613. The van der Waals surface area contributed by atoms with E-state index in [1.807, 2.05) is 42.2 Å². The number of aryl methyl sites for hydroxylation is 1. The summed E-state index contributed by atoms with van der Waals surface area (Å²) in [4.78, 5) is 32.2. The van der Waals surface area contributed by atoms with Gasteiger partial charge in [0, 0.05) is 32.4 Å². The Hall–Kier alpha value is -2.99. The summed E-state index contributed by atoms with van der Waals surface area (Å²) in [6, 6.07) is 14.5. The average Bonchev–Trinajstić information content (AvgIpc) is 2.74. The Kier molecular flexibility index (Phi) is 5.45. The van der Waals surface area contributed by atoms with E-state index in [0.29, 0.717) is 33.9 Å². The minimum Gasteiger partial charge on any atom is -0.384 e. The van der Waals surface area contributed by atoms with Gasteiger partial charge >= 0.3 is 0 Å². The van der Waals surface area contributed by atoms with E-state index in [1.165, 1.54) is 0 Å². The van der Waals surface area contributed by atoms with Crippen LogP contribution in [0.25, 0.3) is 16.6 Å². The number of piperidine rings is 1. The van der Waals surface area contributed by atoms with Gasteiger partial charge in [0.05, 0.1) is 16.6 Å². The number of rotatable bonds is 4. The monoisotopic (exact) mass is 391 g/mol. The minimum atomic E-state index is -0.104. The van der Waals surface area contributed by atoms with Crippen LogP contribution in [0.1, 0.15) is 29.0 Å². The summed E-state index contributed by atoms with van der Waals surface area (Å²) in [6.45, 7) is 4.07. The Labute approximate surface area is 169 Å². The van der Waals surface area contributed by atoms with Crippen molar-refractivity contribution in [3.05, 3.63) is 70.3 Å². The maximum absolute atomic E-state index is 12.9. The molecule has 0 radical (unpaired) electrons. The van der Waals surface area contributed by atoms with Crippen molar-refractivity contribution in [3.63, 3.8) is 0 Å². The molecule has 150 valence electrons. The highest BCUT2D eigenvalue weighted by Crippen LogP contribution is 2.20. The molecule has 3 aromatic rings. The molecule has 29 heavy (non-hydrogen) atoms. The Morgan fingerprint density at radius 1 is 1.10 bits per heavy atom. The van der Waals surface area contributed by atoms with E-state index in [0.717, 1.165) is 32.5 Å². The number of likely N-dealkylation sites (tertiary alicyclic amines) is 1. The SMILES string of the molecule is COCC1CCN(C(=O)c2ccc(-n3c(C)nc4ccccc4c3=O)cc2)CC1. The van der Waals surface area contributed by atoms with Crippen molar-refractivity contribution in [2.75, 3.05) is 26.8 Å². The highest BCUT2D eigenvalue weighted by atomic mass is 16.5. The number of benzene rings is 2. The third-order valence-electron chi connectivity index (χ3n) is 5.62. The minimum absolute atomic E-state index is 0.0353. The Morgan fingerprint density at radius 3 is 2.48 bits per heavy atom. The molecule has 2 aromatic carbocycles. The first kappa shape index (κ1) is 19.3. The number of aromatic nitrogens is 2. The lowest BCUT2D eigenvalue weighted by atomic mass is 9.97. The van der Waals surface area contributed by atoms with Crippen molar-refractivity contribution < 1.29 is 9.53 Å². The van der Waals surface area contributed by atoms with Gasteiger partial charge in [-0.15, -0.1) is 0 Å². The largest absolute Gasteiger partial charge is 0.384 e. The summed E-state index contributed by atoms with van der Waals surface area (Å²) < 4.78 is 6.82. The smallest absolute Gasteiger partial charge is 0.265 e. The second kappa shape index (κ2) is 8.17. The Morgan fingerprint density at radius 2 is 1.79 bits per heavy atom. The zero-order valence-electron chi connectivity index (χ0n) is 16.8. The predicted octanol–water partition coefficient (Wildman–Crippen LogP) is 3.19. The molecule has 6 nitrogen and oxygen atoms in total. The first-order valence-electron chi connectivity index (χ1n) is 9.95. The fourth-order valence-corrected chi connectivity index (χ4v) is 4.02. The molecule has 2 heterocycles. The quantitative estimate of drug-likeness (QED) is 0.685. The molecule has 0 atom stereocenters. The van der Waals surface area contributed by atoms with E-state index in [1.54, 1.807) is 29.9 Å². The van der Waals surface area contributed by atoms with Crippen molar-refractivity contribution >= 4 is 16.8 Å². The zero-order valence-corrected chi connectivity index (χ0v) is 16.8. The number of hydrogen-bond acceptors (Lipinski definition) is 4. The van der Waals surface area contributed by atoms with Crippen molar-refractivity contribution in [1.82, 2.24) is 14.5 Å². The molecule has 1 amide bonds. The normalized spacial score (nSPS) is 15.0. The molecule has 0 spiro atoms. The lowest BCUT2D eigenvalue weighted by Gasteiger charge is -2.31. The van der Waals surface area contributed by atoms with Crippen molar-refractivity contribution in [1.29, 1.82) is 0 Å². The third-order valence-corrected chi connectivity index (χ3v) is 5.62. The summed E-state index contributed by atoms with van der Waals surface area (Å²) >= 11 is 0. The van der Waals surface area contributed by atoms with Gasteiger partial charge in [0.1, 0.15) is 5.82 Å². The molecule has 4 rings (SSSR count). The lowest BCUT2D eigenvalue weighted by Crippen LogP contribution is -2.39. The molecule has 0 saturated carbocycles. The standard InChI is InChI=1S/C23H25N3O3/c1-16-24-21-6-4-3-5-20(21)23(28)26(16)19-9-7-18(8-10-19)22(27)25-13-11-17(12-14-25)15-29-2/h3-10,17H,11-15H2,1-2H3. The van der Waals surface area contributed by atoms with E-state index in [9.17, 15) is 9.59 Å². The zero-order chi connectivity index (χ0) is 20.4. The molecular formula is C23H25N3O3. The van der Waals surface area contributed by atoms with Gasteiger partial charge in [-0.2, -0.15) is 0 Å². The number of carbonyl (C=O) groups is 1. The number of para-hydroxylation sites is 1. The molecule has 1 aliphatic rings. The van der Waals surface area contributed by atoms with E-state index in [-0.39, 0.29) is 11.5 Å². The number of hydrogen-bond donors (Lipinski definition) is 0. The van der Waals surface area contributed by atoms with Crippen LogP contribution in [0.5, 0.6) is 0 Å². The number of nitrogens with zero attached hydrogens (tertiary/aromatic N) is 3. The number of amides is 1. The number of carbonyl (C=O) groups excluding carboxylic acids is 1. The summed E-state index contributed by atoms with van der Waals surface area (Å²) in [7, 11) is 1.72. The van der Waals surface area contributed by atoms with E-state index < -0.39 is 0 Å². The molecule has 1 aliphatic heterocycles. The van der Waals surface area contributed by atoms with Gasteiger partial charge in [-0.1, -0.05) is 12.1 Å². The van der Waals surface area contributed by atoms with Gasteiger partial charge in [-0.3, -0.25) is 14.2 Å². The van der Waals surface area contributed by atoms with E-state index >= 15 is 0 Å². The highest BCUT2D eigenvalue weighted by molar-refractivity contribution is 5.94. The van der Waals surface area contributed by atoms with Crippen LogP contribution in [0.2, 0.25) is 0 Å². The van der Waals surface area contributed by atoms with Crippen LogP contribution < -0.4 is 5.56 Å². The van der Waals surface area contributed by atoms with E-state index in [2.05, 4.69) is 4.98 Å². The van der Waals surface area contributed by atoms with Crippen molar-refractivity contribution in [2.45, 2.75) is 19.8 Å². The number of methoxy groups -OCH3 is 1. The molecule has 1 saturated heterocycles. The van der Waals surface area contributed by atoms with Gasteiger partial charge in [-0.05, 0) is 62.1 Å². The molecule has 0 bridgehead atoms. The second-order valence-corrected chi connectivity index (χ2v) is 7.55. The second-order valence-electron chi connectivity index (χ2n) is 7.55. The fourth-order valence-electron chi connectivity index (χ4n) is 4.02. The Balaban J connectivity index is 1.57. The van der Waals surface area contributed by atoms with Crippen LogP contribution in [0.3, 0.4) is 0 Å². The maximum atomic E-state index is 12.9. The Bertz CT molecular complexity index is 1080. The van der Waals surface area contributed by atoms with E-state index in [4.69, 9.17) is 4.74 Å². The first-order chi connectivity index (χ1) is 14.1. The maximum Gasteiger partial charge on any atom is 0.265 e. The molecule has 1 fully saturated rings. The topological polar surface area (TPSA) is 64.4 Å². The van der Waals surface area contributed by atoms with Gasteiger partial charge in [0.2, 0.25) is 0 Å². The molecule has 0 N–H and O–H groups in total. The molecule has 0 aliphatic carbocycles. The number of fused-ring (bicyclic) bond motifs is 1. The third kappa shape index (κ3) is 3.80. The number of ether oxygens (including phenoxy) is 1. The summed E-state index contributed by atoms with van der Waals surface area (Å²) in [5, 5.41) is 0.581. The predicted molar refractivity (Wildman–Crippen MR) is 113 cm³/mol. The molecule has 0 unspecified atom stereocenters. The van der Waals surface area contributed by atoms with Crippen molar-refractivity contribution in [2.24, 2.45) is 5.92 Å². The van der Waals surface area contributed by atoms with Gasteiger partial charge in [-0.25, -0.2) is 4.98 Å². The van der Waals surface area contributed by atoms with Crippen LogP contribution in [0.15, 0.2) is 53.3 Å². The molecule has 1 aromatic heterocycles. The van der Waals surface area contributed by atoms with Crippen LogP contribution in [0.4, 0.5) is 0 Å². The van der Waals surface area contributed by atoms with Crippen LogP contribution in [-0.4, -0.2) is 47.2 Å². The molecule has 6 heteroatoms. The highest BCUT2D eigenvalue weighted by Gasteiger charge is 2.23. The van der Waals surface area contributed by atoms with Gasteiger partial charge in [0.25, 0.3) is 11.5 Å². The van der Waals surface area contributed by atoms with Crippen molar-refractivity contribution in [3.8, 4) is 5.69 Å². The van der Waals surface area contributed by atoms with Crippen LogP contribution >= 0.6 is 0 Å². The van der Waals surface area contributed by atoms with Gasteiger partial charge in [0.15, 0.2) is 0 Å². The van der Waals surface area contributed by atoms with Gasteiger partial charge < -0.3 is 9.64 Å². The average molecular weight is 391 g/mol. The fraction of sp³-hybridized carbons (Fsp3) is 0.348.